The Hall–Kier alpha value is -0.0800. The number of nitrogens with one attached hydrogen (secondary N) is 1. The van der Waals surface area contributed by atoms with Crippen molar-refractivity contribution in [1.82, 2.24) is 5.48 Å². The van der Waals surface area contributed by atoms with E-state index >= 15 is 0 Å². The van der Waals surface area contributed by atoms with Crippen LogP contribution in [0, 0.1) is 7.05 Å². The molecule has 0 saturated carbocycles. The molecule has 0 amide bonds. The highest BCUT2D eigenvalue weighted by Gasteiger charge is 1.61. The maximum absolute atomic E-state index is 4.47. The van der Waals surface area contributed by atoms with E-state index in [-0.39, 0.29) is 0 Å². The van der Waals surface area contributed by atoms with Crippen LogP contribution in [0.2, 0.25) is 0 Å². The van der Waals surface area contributed by atoms with Crippen molar-refractivity contribution in [3.63, 3.8) is 0 Å². The molecule has 0 aliphatic rings. The fraction of sp³-hybridized carbons (Fsp3) is 0.667. The minimum absolute atomic E-state index is 0.670. The molecule has 0 aromatic heterocycles. The standard InChI is InChI=1S/C3H8NO/c1-3-5-4-2/h4H,2-3H2,1H3. The zero-order valence-electron chi connectivity index (χ0n) is 3.32. The molecule has 0 bridgehead atoms. The lowest BCUT2D eigenvalue weighted by atomic mass is 10.9. The first-order valence-electron chi connectivity index (χ1n) is 1.55. The van der Waals surface area contributed by atoms with Crippen molar-refractivity contribution in [2.75, 3.05) is 6.61 Å². The van der Waals surface area contributed by atoms with Gasteiger partial charge in [-0.1, -0.05) is 0 Å². The van der Waals surface area contributed by atoms with Gasteiger partial charge in [-0.15, -0.1) is 0 Å². The Labute approximate surface area is 32.1 Å². The zero-order valence-corrected chi connectivity index (χ0v) is 3.32. The van der Waals surface area contributed by atoms with Gasteiger partial charge in [0.25, 0.3) is 0 Å². The van der Waals surface area contributed by atoms with Gasteiger partial charge >= 0.3 is 0 Å². The summed E-state index contributed by atoms with van der Waals surface area (Å²) in [5.41, 5.74) is 2.27. The summed E-state index contributed by atoms with van der Waals surface area (Å²) in [6.45, 7) is 2.56. The Balaban J connectivity index is 2.19. The molecule has 2 nitrogen and oxygen atoms in total. The molecule has 0 rings (SSSR count). The molecule has 0 heterocycles. The van der Waals surface area contributed by atoms with Crippen LogP contribution in [0.3, 0.4) is 0 Å². The Bertz CT molecular complexity index is 14.4. The smallest absolute Gasteiger partial charge is 0.0653 e. The lowest BCUT2D eigenvalue weighted by molar-refractivity contribution is 0.0804. The predicted octanol–water partition coefficient (Wildman–Crippen LogP) is 0.319. The van der Waals surface area contributed by atoms with E-state index in [0.29, 0.717) is 6.61 Å². The first-order chi connectivity index (χ1) is 2.41. The van der Waals surface area contributed by atoms with Crippen LogP contribution < -0.4 is 5.48 Å². The van der Waals surface area contributed by atoms with Crippen molar-refractivity contribution in [3.05, 3.63) is 7.05 Å². The maximum Gasteiger partial charge on any atom is 0.0653 e. The fourth-order valence-electron chi connectivity index (χ4n) is 0.102. The van der Waals surface area contributed by atoms with Gasteiger partial charge in [-0.2, -0.15) is 0 Å². The summed E-state index contributed by atoms with van der Waals surface area (Å²) in [6, 6.07) is 0. The Morgan fingerprint density at radius 1 is 2.00 bits per heavy atom. The van der Waals surface area contributed by atoms with Crippen molar-refractivity contribution in [2.45, 2.75) is 6.92 Å². The summed E-state index contributed by atoms with van der Waals surface area (Å²) in [6.07, 6.45) is 0. The van der Waals surface area contributed by atoms with Gasteiger partial charge in [0.1, 0.15) is 0 Å². The van der Waals surface area contributed by atoms with E-state index in [1.54, 1.807) is 0 Å². The Kier molecular flexibility index (Phi) is 3.86. The van der Waals surface area contributed by atoms with Gasteiger partial charge in [-0.05, 0) is 6.92 Å². The van der Waals surface area contributed by atoms with E-state index < -0.39 is 0 Å². The van der Waals surface area contributed by atoms with Crippen LogP contribution in [0.4, 0.5) is 0 Å². The van der Waals surface area contributed by atoms with E-state index in [0.717, 1.165) is 0 Å². The topological polar surface area (TPSA) is 21.3 Å². The number of hydrogen-bond donors (Lipinski definition) is 1. The van der Waals surface area contributed by atoms with Crippen LogP contribution in [0.25, 0.3) is 0 Å². The van der Waals surface area contributed by atoms with Gasteiger partial charge in [-0.25, -0.2) is 5.48 Å². The molecule has 2 heteroatoms. The fourth-order valence-corrected chi connectivity index (χ4v) is 0.102. The molecule has 5 heavy (non-hydrogen) atoms. The molecule has 1 radical (unpaired) electrons. The largest absolute Gasteiger partial charge is 0.302 e. The molecule has 1 N–H and O–H groups in total. The minimum atomic E-state index is 0.670. The van der Waals surface area contributed by atoms with Gasteiger partial charge in [0.05, 0.1) is 6.61 Å². The van der Waals surface area contributed by atoms with Crippen molar-refractivity contribution in [1.29, 1.82) is 0 Å². The monoisotopic (exact) mass is 74.1 g/mol. The van der Waals surface area contributed by atoms with Crippen molar-refractivity contribution < 1.29 is 4.84 Å². The normalized spacial score (nSPS) is 8.40. The predicted molar refractivity (Wildman–Crippen MR) is 20.1 cm³/mol. The number of rotatable bonds is 2. The van der Waals surface area contributed by atoms with Crippen molar-refractivity contribution in [2.24, 2.45) is 0 Å². The molecule has 0 saturated heterocycles. The SMILES string of the molecule is [CH2]NOCC. The molecule has 0 aliphatic heterocycles. The van der Waals surface area contributed by atoms with E-state index in [2.05, 4.69) is 17.4 Å². The molecule has 31 valence electrons. The highest BCUT2D eigenvalue weighted by Crippen LogP contribution is 1.54. The molecule has 0 spiro atoms. The van der Waals surface area contributed by atoms with Crippen LogP contribution in [-0.2, 0) is 4.84 Å². The summed E-state index contributed by atoms with van der Waals surface area (Å²) in [7, 11) is 3.20. The molecule has 0 aromatic rings. The average molecular weight is 74.1 g/mol. The van der Waals surface area contributed by atoms with Crippen LogP contribution in [0.5, 0.6) is 0 Å². The second-order valence-corrected chi connectivity index (χ2v) is 0.577. The van der Waals surface area contributed by atoms with Crippen LogP contribution in [-0.4, -0.2) is 6.61 Å². The molecule has 0 aliphatic carbocycles. The third-order valence-electron chi connectivity index (χ3n) is 0.246. The molecular weight excluding hydrogens is 66.0 g/mol. The zero-order chi connectivity index (χ0) is 4.12. The third kappa shape index (κ3) is 3.92. The summed E-state index contributed by atoms with van der Waals surface area (Å²) in [5.74, 6) is 0. The number of hydrogen-bond acceptors (Lipinski definition) is 2. The molecule has 0 atom stereocenters. The van der Waals surface area contributed by atoms with Crippen molar-refractivity contribution in [3.8, 4) is 0 Å². The average Bonchev–Trinajstić information content (AvgIpc) is 1.41. The molecule has 0 unspecified atom stereocenters. The quantitative estimate of drug-likeness (QED) is 0.476. The first kappa shape index (κ1) is 4.92. The van der Waals surface area contributed by atoms with Crippen LogP contribution >= 0.6 is 0 Å². The van der Waals surface area contributed by atoms with E-state index in [9.17, 15) is 0 Å². The van der Waals surface area contributed by atoms with E-state index in [1.165, 1.54) is 0 Å². The maximum atomic E-state index is 4.47. The third-order valence-corrected chi connectivity index (χ3v) is 0.246. The molecule has 0 aromatic carbocycles. The van der Waals surface area contributed by atoms with Crippen LogP contribution in [0.1, 0.15) is 6.92 Å². The Morgan fingerprint density at radius 2 is 2.60 bits per heavy atom. The van der Waals surface area contributed by atoms with Crippen LogP contribution in [0.15, 0.2) is 0 Å². The van der Waals surface area contributed by atoms with Gasteiger partial charge in [0.2, 0.25) is 0 Å². The summed E-state index contributed by atoms with van der Waals surface area (Å²) < 4.78 is 0. The minimum Gasteiger partial charge on any atom is -0.302 e. The summed E-state index contributed by atoms with van der Waals surface area (Å²) >= 11 is 0. The van der Waals surface area contributed by atoms with E-state index in [4.69, 9.17) is 0 Å². The number of hydroxylamine groups is 1. The van der Waals surface area contributed by atoms with Gasteiger partial charge in [0.15, 0.2) is 0 Å². The summed E-state index contributed by atoms with van der Waals surface area (Å²) in [5, 5.41) is 0. The summed E-state index contributed by atoms with van der Waals surface area (Å²) in [4.78, 5) is 4.47. The van der Waals surface area contributed by atoms with E-state index in [1.807, 2.05) is 6.92 Å². The Morgan fingerprint density at radius 3 is 2.60 bits per heavy atom. The van der Waals surface area contributed by atoms with Gasteiger partial charge in [0, 0.05) is 7.05 Å². The highest BCUT2D eigenvalue weighted by atomic mass is 16.6. The van der Waals surface area contributed by atoms with Gasteiger partial charge < -0.3 is 4.84 Å². The van der Waals surface area contributed by atoms with Crippen molar-refractivity contribution >= 4 is 0 Å². The van der Waals surface area contributed by atoms with Gasteiger partial charge in [-0.3, -0.25) is 0 Å². The molecule has 0 fully saturated rings. The second-order valence-electron chi connectivity index (χ2n) is 0.577. The first-order valence-corrected chi connectivity index (χ1v) is 1.55. The second kappa shape index (κ2) is 3.92. The molecular formula is C3H8NO. The lowest BCUT2D eigenvalue weighted by Gasteiger charge is -1.88. The lowest BCUT2D eigenvalue weighted by Crippen LogP contribution is -2.01. The highest BCUT2D eigenvalue weighted by molar-refractivity contribution is 4.07.